The van der Waals surface area contributed by atoms with Gasteiger partial charge in [0.25, 0.3) is 0 Å². The highest BCUT2D eigenvalue weighted by atomic mass is 19.3. The van der Waals surface area contributed by atoms with Crippen LogP contribution >= 0.6 is 0 Å². The Morgan fingerprint density at radius 1 is 1.19 bits per heavy atom. The molecule has 1 unspecified atom stereocenters. The van der Waals surface area contributed by atoms with Crippen LogP contribution in [-0.4, -0.2) is 18.4 Å². The zero-order chi connectivity index (χ0) is 15.2. The van der Waals surface area contributed by atoms with E-state index in [1.54, 1.807) is 24.3 Å². The number of alkyl halides is 2. The second-order valence-corrected chi connectivity index (χ2v) is 5.69. The van der Waals surface area contributed by atoms with Gasteiger partial charge in [-0.3, -0.25) is 4.79 Å². The number of carbonyl (C=O) groups is 1. The van der Waals surface area contributed by atoms with E-state index in [2.05, 4.69) is 5.32 Å². The summed E-state index contributed by atoms with van der Waals surface area (Å²) < 4.78 is 25.6. The van der Waals surface area contributed by atoms with E-state index >= 15 is 0 Å². The van der Waals surface area contributed by atoms with Crippen LogP contribution in [-0.2, 0) is 4.79 Å². The number of nitrogen functional groups attached to an aromatic ring is 1. The second-order valence-electron chi connectivity index (χ2n) is 5.69. The number of carbonyl (C=O) groups excluding carboxylic acids is 1. The Morgan fingerprint density at radius 3 is 2.38 bits per heavy atom. The molecule has 116 valence electrons. The summed E-state index contributed by atoms with van der Waals surface area (Å²) in [5, 5.41) is 2.93. The number of hydrogen-bond donors (Lipinski definition) is 2. The lowest BCUT2D eigenvalue weighted by atomic mass is 9.92. The Hall–Kier alpha value is -1.65. The summed E-state index contributed by atoms with van der Waals surface area (Å²) in [6.45, 7) is 0. The van der Waals surface area contributed by atoms with Crippen molar-refractivity contribution in [3.63, 3.8) is 0 Å². The molecule has 0 saturated heterocycles. The van der Waals surface area contributed by atoms with Gasteiger partial charge in [0.1, 0.15) is 0 Å². The van der Waals surface area contributed by atoms with E-state index in [0.29, 0.717) is 11.3 Å². The number of nitrogens with two attached hydrogens (primary N) is 1. The molecular weight excluding hydrogens is 274 g/mol. The minimum Gasteiger partial charge on any atom is -0.399 e. The first-order chi connectivity index (χ1) is 10.1. The minimum absolute atomic E-state index is 0.125. The Labute approximate surface area is 123 Å². The van der Waals surface area contributed by atoms with Crippen molar-refractivity contribution < 1.29 is 13.6 Å². The van der Waals surface area contributed by atoms with E-state index in [-0.39, 0.29) is 11.9 Å². The van der Waals surface area contributed by atoms with E-state index in [0.717, 1.165) is 25.7 Å². The third-order valence-corrected chi connectivity index (χ3v) is 4.02. The van der Waals surface area contributed by atoms with Gasteiger partial charge in [0.15, 0.2) is 0 Å². The number of hydrogen-bond acceptors (Lipinski definition) is 2. The number of halogens is 2. The van der Waals surface area contributed by atoms with Crippen LogP contribution in [0.4, 0.5) is 14.5 Å². The predicted molar refractivity (Wildman–Crippen MR) is 79.2 cm³/mol. The van der Waals surface area contributed by atoms with Crippen molar-refractivity contribution in [1.82, 2.24) is 5.32 Å². The van der Waals surface area contributed by atoms with Gasteiger partial charge in [-0.25, -0.2) is 8.78 Å². The molecule has 0 aliphatic heterocycles. The summed E-state index contributed by atoms with van der Waals surface area (Å²) in [6, 6.07) is 6.72. The fourth-order valence-electron chi connectivity index (χ4n) is 2.85. The Balaban J connectivity index is 2.07. The summed E-state index contributed by atoms with van der Waals surface area (Å²) in [5.74, 6) is -1.11. The van der Waals surface area contributed by atoms with Gasteiger partial charge < -0.3 is 11.1 Å². The largest absolute Gasteiger partial charge is 0.399 e. The SMILES string of the molecule is Nc1ccc(C(CC(F)F)C(=O)NC2CCCCC2)cc1. The normalized spacial score (nSPS) is 17.7. The summed E-state index contributed by atoms with van der Waals surface area (Å²) in [6.07, 6.45) is 2.28. The molecule has 3 nitrogen and oxygen atoms in total. The summed E-state index contributed by atoms with van der Waals surface area (Å²) >= 11 is 0. The topological polar surface area (TPSA) is 55.1 Å². The quantitative estimate of drug-likeness (QED) is 0.818. The Kier molecular flexibility index (Phi) is 5.53. The number of anilines is 1. The monoisotopic (exact) mass is 296 g/mol. The van der Waals surface area contributed by atoms with Gasteiger partial charge in [-0.1, -0.05) is 31.4 Å². The van der Waals surface area contributed by atoms with Crippen LogP contribution in [0.2, 0.25) is 0 Å². The van der Waals surface area contributed by atoms with Gasteiger partial charge in [-0.05, 0) is 30.5 Å². The number of amides is 1. The first kappa shape index (κ1) is 15.7. The van der Waals surface area contributed by atoms with Crippen molar-refractivity contribution >= 4 is 11.6 Å². The Morgan fingerprint density at radius 2 is 1.81 bits per heavy atom. The molecule has 0 heterocycles. The third-order valence-electron chi connectivity index (χ3n) is 4.02. The Bertz CT molecular complexity index is 456. The predicted octanol–water partition coefficient (Wildman–Crippen LogP) is 3.46. The molecule has 1 aliphatic carbocycles. The average Bonchev–Trinajstić information content (AvgIpc) is 2.46. The molecule has 1 aliphatic rings. The lowest BCUT2D eigenvalue weighted by molar-refractivity contribution is -0.124. The molecule has 1 saturated carbocycles. The van der Waals surface area contributed by atoms with Gasteiger partial charge >= 0.3 is 0 Å². The second kappa shape index (κ2) is 7.38. The van der Waals surface area contributed by atoms with Gasteiger partial charge in [-0.15, -0.1) is 0 Å². The van der Waals surface area contributed by atoms with E-state index in [9.17, 15) is 13.6 Å². The molecule has 1 aromatic carbocycles. The molecule has 0 bridgehead atoms. The number of benzene rings is 1. The molecule has 1 fully saturated rings. The number of rotatable bonds is 5. The fraction of sp³-hybridized carbons (Fsp3) is 0.562. The van der Waals surface area contributed by atoms with Crippen molar-refractivity contribution in [3.05, 3.63) is 29.8 Å². The van der Waals surface area contributed by atoms with Crippen molar-refractivity contribution in [2.45, 2.75) is 56.9 Å². The number of nitrogens with one attached hydrogen (secondary N) is 1. The van der Waals surface area contributed by atoms with Crippen LogP contribution in [0.15, 0.2) is 24.3 Å². The minimum atomic E-state index is -2.51. The molecule has 5 heteroatoms. The van der Waals surface area contributed by atoms with Crippen molar-refractivity contribution in [2.75, 3.05) is 5.73 Å². The summed E-state index contributed by atoms with van der Waals surface area (Å²) in [4.78, 5) is 12.4. The van der Waals surface area contributed by atoms with Crippen molar-refractivity contribution in [1.29, 1.82) is 0 Å². The maximum Gasteiger partial charge on any atom is 0.239 e. The lowest BCUT2D eigenvalue weighted by Crippen LogP contribution is -2.39. The van der Waals surface area contributed by atoms with Crippen LogP contribution < -0.4 is 11.1 Å². The standard InChI is InChI=1S/C16H22F2N2O/c17-15(18)10-14(11-6-8-12(19)9-7-11)16(21)20-13-4-2-1-3-5-13/h6-9,13-15H,1-5,10,19H2,(H,20,21). The molecule has 2 rings (SSSR count). The van der Waals surface area contributed by atoms with Crippen LogP contribution in [0.1, 0.15) is 50.0 Å². The zero-order valence-electron chi connectivity index (χ0n) is 12.0. The van der Waals surface area contributed by atoms with Crippen molar-refractivity contribution in [2.24, 2.45) is 0 Å². The molecule has 1 aromatic rings. The average molecular weight is 296 g/mol. The van der Waals surface area contributed by atoms with Crippen LogP contribution in [0.25, 0.3) is 0 Å². The van der Waals surface area contributed by atoms with Crippen LogP contribution in [0.3, 0.4) is 0 Å². The first-order valence-corrected chi connectivity index (χ1v) is 7.50. The third kappa shape index (κ3) is 4.69. The highest BCUT2D eigenvalue weighted by molar-refractivity contribution is 5.84. The molecule has 1 amide bonds. The van der Waals surface area contributed by atoms with Gasteiger partial charge in [0, 0.05) is 18.2 Å². The van der Waals surface area contributed by atoms with Gasteiger partial charge in [-0.2, -0.15) is 0 Å². The molecule has 0 radical (unpaired) electrons. The maximum absolute atomic E-state index is 12.8. The first-order valence-electron chi connectivity index (χ1n) is 7.50. The molecule has 3 N–H and O–H groups in total. The van der Waals surface area contributed by atoms with Crippen LogP contribution in [0.5, 0.6) is 0 Å². The maximum atomic E-state index is 12.8. The summed E-state index contributed by atoms with van der Waals surface area (Å²) in [5.41, 5.74) is 6.76. The van der Waals surface area contributed by atoms with E-state index in [1.807, 2.05) is 0 Å². The van der Waals surface area contributed by atoms with E-state index in [1.165, 1.54) is 6.42 Å². The van der Waals surface area contributed by atoms with Crippen LogP contribution in [0, 0.1) is 0 Å². The molecule has 0 aromatic heterocycles. The smallest absolute Gasteiger partial charge is 0.239 e. The van der Waals surface area contributed by atoms with E-state index in [4.69, 9.17) is 5.73 Å². The molecular formula is C16H22F2N2O. The summed E-state index contributed by atoms with van der Waals surface area (Å²) in [7, 11) is 0. The molecule has 21 heavy (non-hydrogen) atoms. The van der Waals surface area contributed by atoms with Crippen molar-refractivity contribution in [3.8, 4) is 0 Å². The van der Waals surface area contributed by atoms with Gasteiger partial charge in [0.2, 0.25) is 12.3 Å². The fourth-order valence-corrected chi connectivity index (χ4v) is 2.85. The van der Waals surface area contributed by atoms with E-state index < -0.39 is 18.8 Å². The lowest BCUT2D eigenvalue weighted by Gasteiger charge is -2.25. The molecule has 1 atom stereocenters. The van der Waals surface area contributed by atoms with Gasteiger partial charge in [0.05, 0.1) is 5.92 Å². The zero-order valence-corrected chi connectivity index (χ0v) is 12.0. The highest BCUT2D eigenvalue weighted by Gasteiger charge is 2.27. The highest BCUT2D eigenvalue weighted by Crippen LogP contribution is 2.26. The molecule has 0 spiro atoms.